The van der Waals surface area contributed by atoms with Gasteiger partial charge in [0, 0.05) is 48.9 Å². The van der Waals surface area contributed by atoms with E-state index in [1.807, 2.05) is 23.2 Å². The first-order valence-electron chi connectivity index (χ1n) is 10.5. The number of carbonyl (C=O) groups excluding carboxylic acids is 1. The van der Waals surface area contributed by atoms with Gasteiger partial charge in [-0.15, -0.1) is 11.3 Å². The molecule has 4 rings (SSSR count). The third-order valence-electron chi connectivity index (χ3n) is 5.48. The van der Waals surface area contributed by atoms with E-state index >= 15 is 0 Å². The topological polar surface area (TPSA) is 79.4 Å². The second-order valence-electron chi connectivity index (χ2n) is 7.62. The van der Waals surface area contributed by atoms with Gasteiger partial charge >= 0.3 is 0 Å². The number of nitrogens with one attached hydrogen (secondary N) is 2. The number of likely N-dealkylation sites (tertiary alicyclic amines) is 1. The van der Waals surface area contributed by atoms with Crippen LogP contribution in [0.5, 0.6) is 0 Å². The minimum atomic E-state index is -0.332. The van der Waals surface area contributed by atoms with E-state index in [0.717, 1.165) is 62.0 Å². The zero-order valence-corrected chi connectivity index (χ0v) is 17.7. The lowest BCUT2D eigenvalue weighted by Gasteiger charge is -2.35. The minimum absolute atomic E-state index is 0.116. The van der Waals surface area contributed by atoms with Gasteiger partial charge in [0.05, 0.1) is 6.61 Å². The molecule has 0 aliphatic carbocycles. The molecule has 1 atom stereocenters. The van der Waals surface area contributed by atoms with Gasteiger partial charge in [0.15, 0.2) is 5.13 Å². The van der Waals surface area contributed by atoms with Gasteiger partial charge in [0.1, 0.15) is 11.9 Å². The summed E-state index contributed by atoms with van der Waals surface area (Å²) in [5.74, 6) is 1.32. The fourth-order valence-electron chi connectivity index (χ4n) is 3.91. The van der Waals surface area contributed by atoms with E-state index in [-0.39, 0.29) is 12.0 Å². The first kappa shape index (κ1) is 20.3. The Morgan fingerprint density at radius 3 is 3.00 bits per heavy atom. The van der Waals surface area contributed by atoms with Gasteiger partial charge in [0.25, 0.3) is 5.91 Å². The number of ether oxygens (including phenoxy) is 1. The smallest absolute Gasteiger partial charge is 0.253 e. The summed E-state index contributed by atoms with van der Waals surface area (Å²) in [6, 6.07) is 6.12. The van der Waals surface area contributed by atoms with E-state index in [1.54, 1.807) is 11.3 Å². The van der Waals surface area contributed by atoms with Crippen molar-refractivity contribution in [2.24, 2.45) is 0 Å². The van der Waals surface area contributed by atoms with Crippen LogP contribution in [0.4, 0.5) is 10.9 Å². The average Bonchev–Trinajstić information content (AvgIpc) is 3.21. The van der Waals surface area contributed by atoms with E-state index < -0.39 is 0 Å². The van der Waals surface area contributed by atoms with Gasteiger partial charge in [0.2, 0.25) is 0 Å². The van der Waals surface area contributed by atoms with E-state index in [0.29, 0.717) is 19.1 Å². The van der Waals surface area contributed by atoms with E-state index in [2.05, 4.69) is 28.6 Å². The molecule has 1 unspecified atom stereocenters. The van der Waals surface area contributed by atoms with Crippen molar-refractivity contribution in [1.82, 2.24) is 20.2 Å². The Balaban J connectivity index is 1.33. The van der Waals surface area contributed by atoms with Crippen LogP contribution in [0, 0.1) is 0 Å². The number of nitrogens with zero attached hydrogens (tertiary/aromatic N) is 3. The van der Waals surface area contributed by atoms with Crippen molar-refractivity contribution in [3.8, 4) is 0 Å². The number of aromatic nitrogens is 2. The van der Waals surface area contributed by atoms with Crippen LogP contribution >= 0.6 is 11.3 Å². The second kappa shape index (κ2) is 9.65. The molecule has 0 bridgehead atoms. The van der Waals surface area contributed by atoms with Crippen LogP contribution in [0.1, 0.15) is 42.7 Å². The maximum absolute atomic E-state index is 12.6. The highest BCUT2D eigenvalue weighted by Crippen LogP contribution is 2.29. The molecule has 8 heteroatoms. The Bertz CT molecular complexity index is 813. The summed E-state index contributed by atoms with van der Waals surface area (Å²) in [4.78, 5) is 25.1. The third kappa shape index (κ3) is 5.12. The Morgan fingerprint density at radius 2 is 2.24 bits per heavy atom. The molecule has 2 aliphatic heterocycles. The number of anilines is 2. The van der Waals surface area contributed by atoms with Crippen molar-refractivity contribution < 1.29 is 9.53 Å². The number of aryl methyl sites for hydroxylation is 1. The lowest BCUT2D eigenvalue weighted by atomic mass is 9.92. The number of amides is 1. The Kier molecular flexibility index (Phi) is 6.74. The maximum Gasteiger partial charge on any atom is 0.253 e. The molecule has 29 heavy (non-hydrogen) atoms. The lowest BCUT2D eigenvalue weighted by molar-refractivity contribution is -0.146. The quantitative estimate of drug-likeness (QED) is 0.755. The summed E-state index contributed by atoms with van der Waals surface area (Å²) < 4.78 is 5.61. The zero-order valence-electron chi connectivity index (χ0n) is 16.9. The Labute approximate surface area is 175 Å². The number of hydrogen-bond acceptors (Lipinski definition) is 7. The van der Waals surface area contributed by atoms with E-state index in [4.69, 9.17) is 9.72 Å². The van der Waals surface area contributed by atoms with Crippen molar-refractivity contribution in [2.75, 3.05) is 38.1 Å². The van der Waals surface area contributed by atoms with Crippen LogP contribution in [-0.4, -0.2) is 59.7 Å². The first-order valence-corrected chi connectivity index (χ1v) is 11.3. The molecule has 2 N–H and O–H groups in total. The SMILES string of the molecule is CCCc1cnc(Nc2cccc(C3CCN(C(=O)C4CNCCO4)CC3)n2)s1. The molecule has 2 aliphatic rings. The van der Waals surface area contributed by atoms with Gasteiger partial charge in [-0.25, -0.2) is 9.97 Å². The molecule has 0 aromatic carbocycles. The first-order chi connectivity index (χ1) is 14.2. The number of pyridine rings is 1. The number of carbonyl (C=O) groups is 1. The van der Waals surface area contributed by atoms with Crippen molar-refractivity contribution in [1.29, 1.82) is 0 Å². The predicted octanol–water partition coefficient (Wildman–Crippen LogP) is 2.93. The van der Waals surface area contributed by atoms with Gasteiger partial charge < -0.3 is 20.3 Å². The van der Waals surface area contributed by atoms with Crippen LogP contribution in [0.2, 0.25) is 0 Å². The van der Waals surface area contributed by atoms with Crippen LogP contribution in [0.3, 0.4) is 0 Å². The minimum Gasteiger partial charge on any atom is -0.366 e. The van der Waals surface area contributed by atoms with E-state index in [9.17, 15) is 4.79 Å². The van der Waals surface area contributed by atoms with Crippen molar-refractivity contribution in [3.63, 3.8) is 0 Å². The highest BCUT2D eigenvalue weighted by Gasteiger charge is 2.30. The number of rotatable bonds is 6. The molecule has 2 fully saturated rings. The van der Waals surface area contributed by atoms with Gasteiger partial charge in [-0.1, -0.05) is 19.4 Å². The summed E-state index contributed by atoms with van der Waals surface area (Å²) in [5.41, 5.74) is 1.09. The van der Waals surface area contributed by atoms with Gasteiger partial charge in [-0.3, -0.25) is 4.79 Å². The number of hydrogen-bond donors (Lipinski definition) is 2. The summed E-state index contributed by atoms with van der Waals surface area (Å²) in [6.45, 7) is 5.74. The molecule has 0 spiro atoms. The van der Waals surface area contributed by atoms with Gasteiger partial charge in [-0.05, 0) is 31.4 Å². The molecule has 2 aromatic rings. The van der Waals surface area contributed by atoms with Crippen molar-refractivity contribution in [3.05, 3.63) is 35.0 Å². The molecule has 0 saturated carbocycles. The van der Waals surface area contributed by atoms with Crippen LogP contribution in [0.25, 0.3) is 0 Å². The lowest BCUT2D eigenvalue weighted by Crippen LogP contribution is -2.51. The summed E-state index contributed by atoms with van der Waals surface area (Å²) >= 11 is 1.69. The highest BCUT2D eigenvalue weighted by atomic mass is 32.1. The molecule has 2 aromatic heterocycles. The van der Waals surface area contributed by atoms with Gasteiger partial charge in [-0.2, -0.15) is 0 Å². The molecule has 2 saturated heterocycles. The predicted molar refractivity (Wildman–Crippen MR) is 115 cm³/mol. The summed E-state index contributed by atoms with van der Waals surface area (Å²) in [5, 5.41) is 7.46. The highest BCUT2D eigenvalue weighted by molar-refractivity contribution is 7.15. The zero-order chi connectivity index (χ0) is 20.1. The molecule has 7 nitrogen and oxygen atoms in total. The average molecular weight is 416 g/mol. The molecule has 1 amide bonds. The summed E-state index contributed by atoms with van der Waals surface area (Å²) in [7, 11) is 0. The third-order valence-corrected chi connectivity index (χ3v) is 6.46. The van der Waals surface area contributed by atoms with Crippen molar-refractivity contribution >= 4 is 28.2 Å². The number of thiazole rings is 1. The van der Waals surface area contributed by atoms with Crippen LogP contribution < -0.4 is 10.6 Å². The van der Waals surface area contributed by atoms with Crippen molar-refractivity contribution in [2.45, 2.75) is 44.6 Å². The fourth-order valence-corrected chi connectivity index (χ4v) is 4.83. The maximum atomic E-state index is 12.6. The Hall–Kier alpha value is -2.03. The van der Waals surface area contributed by atoms with Crippen LogP contribution in [-0.2, 0) is 16.0 Å². The van der Waals surface area contributed by atoms with E-state index in [1.165, 1.54) is 4.88 Å². The van der Waals surface area contributed by atoms with Crippen LogP contribution in [0.15, 0.2) is 24.4 Å². The monoisotopic (exact) mass is 415 g/mol. The normalized spacial score (nSPS) is 20.6. The summed E-state index contributed by atoms with van der Waals surface area (Å²) in [6.07, 6.45) is 5.66. The fraction of sp³-hybridized carbons (Fsp3) is 0.571. The molecule has 4 heterocycles. The second-order valence-corrected chi connectivity index (χ2v) is 8.73. The molecule has 156 valence electrons. The molecular formula is C21H29N5O2S. The largest absolute Gasteiger partial charge is 0.366 e. The molecular weight excluding hydrogens is 386 g/mol. The Morgan fingerprint density at radius 1 is 1.38 bits per heavy atom. The number of morpholine rings is 1. The number of piperidine rings is 1. The standard InChI is InChI=1S/C21H29N5O2S/c1-2-4-16-13-23-21(29-16)25-19-6-3-5-17(24-19)15-7-10-26(11-8-15)20(27)18-14-22-9-12-28-18/h3,5-6,13,15,18,22H,2,4,7-12,14H2,1H3,(H,23,24,25). The molecule has 0 radical (unpaired) electrons.